The van der Waals surface area contributed by atoms with Crippen molar-refractivity contribution in [3.8, 4) is 10.6 Å². The van der Waals surface area contributed by atoms with Gasteiger partial charge in [-0.25, -0.2) is 4.98 Å². The number of primary amides is 1. The molecule has 3 N–H and O–H groups in total. The zero-order valence-corrected chi connectivity index (χ0v) is 15.0. The lowest BCUT2D eigenvalue weighted by Crippen LogP contribution is -2.14. The number of nitrogens with zero attached hydrogens (tertiary/aromatic N) is 1. The van der Waals surface area contributed by atoms with E-state index in [0.717, 1.165) is 20.8 Å². The zero-order chi connectivity index (χ0) is 18.8. The molecule has 0 aliphatic heterocycles. The summed E-state index contributed by atoms with van der Waals surface area (Å²) in [6.45, 7) is 0. The first-order chi connectivity index (χ1) is 13.1. The van der Waals surface area contributed by atoms with Gasteiger partial charge in [0.25, 0.3) is 5.91 Å². The minimum absolute atomic E-state index is 0.257. The minimum Gasteiger partial charge on any atom is -0.366 e. The molecule has 0 unspecified atom stereocenters. The average molecular weight is 373 g/mol. The highest BCUT2D eigenvalue weighted by Gasteiger charge is 2.10. The third-order valence-corrected chi connectivity index (χ3v) is 5.18. The van der Waals surface area contributed by atoms with Gasteiger partial charge in [-0.3, -0.25) is 9.59 Å². The molecule has 0 atom stereocenters. The molecule has 2 amide bonds. The molecule has 132 valence electrons. The minimum atomic E-state index is -0.523. The van der Waals surface area contributed by atoms with Gasteiger partial charge in [0.1, 0.15) is 5.01 Å². The number of nitrogens with one attached hydrogen (secondary N) is 1. The number of amides is 2. The molecule has 0 aliphatic rings. The van der Waals surface area contributed by atoms with Gasteiger partial charge in [-0.1, -0.05) is 24.3 Å². The van der Waals surface area contributed by atoms with E-state index in [1.807, 2.05) is 48.5 Å². The topological polar surface area (TPSA) is 85.1 Å². The molecule has 1 heterocycles. The predicted octanol–water partition coefficient (Wildman–Crippen LogP) is 4.31. The number of carbonyl (C=O) groups is 2. The molecule has 0 aliphatic carbocycles. The van der Waals surface area contributed by atoms with Crippen LogP contribution < -0.4 is 11.1 Å². The lowest BCUT2D eigenvalue weighted by atomic mass is 10.1. The maximum Gasteiger partial charge on any atom is 0.255 e. The number of thiazole rings is 1. The molecular formula is C21H15N3O2S. The van der Waals surface area contributed by atoms with Crippen molar-refractivity contribution in [2.75, 3.05) is 5.32 Å². The Balaban J connectivity index is 1.57. The van der Waals surface area contributed by atoms with Crippen molar-refractivity contribution in [3.63, 3.8) is 0 Å². The first-order valence-corrected chi connectivity index (χ1v) is 9.09. The molecule has 0 bridgehead atoms. The third-order valence-electron chi connectivity index (χ3n) is 4.09. The number of para-hydroxylation sites is 1. The van der Waals surface area contributed by atoms with Crippen LogP contribution in [0.1, 0.15) is 20.7 Å². The molecule has 0 radical (unpaired) electrons. The Hall–Kier alpha value is -3.51. The summed E-state index contributed by atoms with van der Waals surface area (Å²) in [5, 5.41) is 3.77. The van der Waals surface area contributed by atoms with E-state index < -0.39 is 5.91 Å². The first kappa shape index (κ1) is 16.9. The van der Waals surface area contributed by atoms with Gasteiger partial charge in [0.2, 0.25) is 5.91 Å². The lowest BCUT2D eigenvalue weighted by Gasteiger charge is -2.07. The van der Waals surface area contributed by atoms with E-state index in [-0.39, 0.29) is 5.91 Å². The van der Waals surface area contributed by atoms with Crippen molar-refractivity contribution in [1.29, 1.82) is 0 Å². The molecule has 1 aromatic heterocycles. The summed E-state index contributed by atoms with van der Waals surface area (Å²) >= 11 is 1.61. The van der Waals surface area contributed by atoms with Crippen LogP contribution in [0.5, 0.6) is 0 Å². The van der Waals surface area contributed by atoms with E-state index in [1.54, 1.807) is 23.5 Å². The molecule has 0 spiro atoms. The van der Waals surface area contributed by atoms with Gasteiger partial charge in [0, 0.05) is 22.4 Å². The maximum absolute atomic E-state index is 12.4. The fraction of sp³-hybridized carbons (Fsp3) is 0. The Morgan fingerprint density at radius 3 is 2.37 bits per heavy atom. The van der Waals surface area contributed by atoms with Gasteiger partial charge < -0.3 is 11.1 Å². The van der Waals surface area contributed by atoms with Crippen molar-refractivity contribution >= 4 is 39.1 Å². The number of aromatic nitrogens is 1. The van der Waals surface area contributed by atoms with Crippen molar-refractivity contribution in [2.45, 2.75) is 0 Å². The van der Waals surface area contributed by atoms with E-state index in [2.05, 4.69) is 10.3 Å². The highest BCUT2D eigenvalue weighted by atomic mass is 32.1. The summed E-state index contributed by atoms with van der Waals surface area (Å²) in [5.41, 5.74) is 8.61. The van der Waals surface area contributed by atoms with Gasteiger partial charge in [0.05, 0.1) is 10.2 Å². The molecule has 0 fully saturated rings. The van der Waals surface area contributed by atoms with Crippen molar-refractivity contribution < 1.29 is 9.59 Å². The summed E-state index contributed by atoms with van der Waals surface area (Å²) in [7, 11) is 0. The molecule has 0 saturated heterocycles. The van der Waals surface area contributed by atoms with Gasteiger partial charge in [-0.05, 0) is 48.5 Å². The molecule has 0 saturated carbocycles. The van der Waals surface area contributed by atoms with E-state index >= 15 is 0 Å². The summed E-state index contributed by atoms with van der Waals surface area (Å²) in [6.07, 6.45) is 0. The Morgan fingerprint density at radius 2 is 1.63 bits per heavy atom. The second-order valence-corrected chi connectivity index (χ2v) is 6.99. The third kappa shape index (κ3) is 3.56. The largest absolute Gasteiger partial charge is 0.366 e. The Morgan fingerprint density at radius 1 is 0.889 bits per heavy atom. The maximum atomic E-state index is 12.4. The van der Waals surface area contributed by atoms with Gasteiger partial charge in [-0.2, -0.15) is 0 Å². The number of benzene rings is 3. The Kier molecular flexibility index (Phi) is 4.40. The van der Waals surface area contributed by atoms with Crippen LogP contribution in [0.2, 0.25) is 0 Å². The smallest absolute Gasteiger partial charge is 0.255 e. The van der Waals surface area contributed by atoms with Gasteiger partial charge in [0.15, 0.2) is 0 Å². The van der Waals surface area contributed by atoms with Crippen LogP contribution in [0, 0.1) is 0 Å². The molecule has 5 nitrogen and oxygen atoms in total. The van der Waals surface area contributed by atoms with Gasteiger partial charge >= 0.3 is 0 Å². The first-order valence-electron chi connectivity index (χ1n) is 8.27. The van der Waals surface area contributed by atoms with Crippen LogP contribution in [-0.4, -0.2) is 16.8 Å². The zero-order valence-electron chi connectivity index (χ0n) is 14.2. The summed E-state index contributed by atoms with van der Waals surface area (Å²) in [4.78, 5) is 28.2. The average Bonchev–Trinajstić information content (AvgIpc) is 3.12. The van der Waals surface area contributed by atoms with E-state index in [9.17, 15) is 9.59 Å². The molecular weight excluding hydrogens is 358 g/mol. The highest BCUT2D eigenvalue weighted by Crippen LogP contribution is 2.31. The van der Waals surface area contributed by atoms with Crippen LogP contribution >= 0.6 is 11.3 Å². The quantitative estimate of drug-likeness (QED) is 0.559. The van der Waals surface area contributed by atoms with Crippen LogP contribution in [0.4, 0.5) is 5.69 Å². The second-order valence-electron chi connectivity index (χ2n) is 5.96. The summed E-state index contributed by atoms with van der Waals surface area (Å²) in [5.74, 6) is -0.780. The predicted molar refractivity (Wildman–Crippen MR) is 108 cm³/mol. The standard InChI is InChI=1S/C21H15N3O2S/c22-19(25)13-8-10-14(11-9-13)20(26)23-16-5-3-4-15(12-16)21-24-17-6-1-2-7-18(17)27-21/h1-12H,(H2,22,25)(H,23,26). The number of carbonyl (C=O) groups excluding carboxylic acids is 2. The van der Waals surface area contributed by atoms with Crippen LogP contribution in [0.15, 0.2) is 72.8 Å². The number of fused-ring (bicyclic) bond motifs is 1. The van der Waals surface area contributed by atoms with Crippen molar-refractivity contribution in [2.24, 2.45) is 5.73 Å². The fourth-order valence-corrected chi connectivity index (χ4v) is 3.68. The Labute approximate surface area is 159 Å². The fourth-order valence-electron chi connectivity index (χ4n) is 2.71. The normalized spacial score (nSPS) is 10.7. The SMILES string of the molecule is NC(=O)c1ccc(C(=O)Nc2cccc(-c3nc4ccccc4s3)c2)cc1. The van der Waals surface area contributed by atoms with E-state index in [0.29, 0.717) is 16.8 Å². The molecule has 4 aromatic rings. The molecule has 27 heavy (non-hydrogen) atoms. The Bertz CT molecular complexity index is 1120. The lowest BCUT2D eigenvalue weighted by molar-refractivity contribution is 0.0995. The van der Waals surface area contributed by atoms with Crippen LogP contribution in [0.3, 0.4) is 0 Å². The number of anilines is 1. The number of hydrogen-bond donors (Lipinski definition) is 2. The summed E-state index contributed by atoms with van der Waals surface area (Å²) < 4.78 is 1.12. The van der Waals surface area contributed by atoms with E-state index in [4.69, 9.17) is 5.73 Å². The molecule has 6 heteroatoms. The number of hydrogen-bond acceptors (Lipinski definition) is 4. The van der Waals surface area contributed by atoms with E-state index in [1.165, 1.54) is 12.1 Å². The van der Waals surface area contributed by atoms with Crippen molar-refractivity contribution in [1.82, 2.24) is 4.98 Å². The monoisotopic (exact) mass is 373 g/mol. The number of rotatable bonds is 4. The van der Waals surface area contributed by atoms with Crippen LogP contribution in [0.25, 0.3) is 20.8 Å². The number of nitrogens with two attached hydrogens (primary N) is 1. The highest BCUT2D eigenvalue weighted by molar-refractivity contribution is 7.21. The van der Waals surface area contributed by atoms with Crippen molar-refractivity contribution in [3.05, 3.63) is 83.9 Å². The van der Waals surface area contributed by atoms with Gasteiger partial charge in [-0.15, -0.1) is 11.3 Å². The molecule has 3 aromatic carbocycles. The van der Waals surface area contributed by atoms with Crippen LogP contribution in [-0.2, 0) is 0 Å². The second kappa shape index (κ2) is 7.01. The summed E-state index contributed by atoms with van der Waals surface area (Å²) in [6, 6.07) is 21.8. The molecule has 4 rings (SSSR count).